The summed E-state index contributed by atoms with van der Waals surface area (Å²) in [5.74, 6) is 2.87. The number of anilines is 2. The number of aromatic nitrogens is 5. The zero-order valence-corrected chi connectivity index (χ0v) is 20.8. The Kier molecular flexibility index (Phi) is 7.53. The van der Waals surface area contributed by atoms with Gasteiger partial charge in [-0.15, -0.1) is 11.3 Å². The summed E-state index contributed by atoms with van der Waals surface area (Å²) in [5, 5.41) is 8.42. The van der Waals surface area contributed by atoms with E-state index in [2.05, 4.69) is 35.6 Å². The molecule has 0 aromatic carbocycles. The molecule has 10 heteroatoms. The first-order valence-corrected chi connectivity index (χ1v) is 12.8. The summed E-state index contributed by atoms with van der Waals surface area (Å²) in [7, 11) is 0. The Hall–Kier alpha value is -3.76. The third-order valence-electron chi connectivity index (χ3n) is 5.81. The van der Waals surface area contributed by atoms with E-state index < -0.39 is 0 Å². The van der Waals surface area contributed by atoms with Crippen LogP contribution in [-0.2, 0) is 11.2 Å². The molecule has 5 heterocycles. The molecule has 1 saturated heterocycles. The molecule has 4 aromatic heterocycles. The predicted molar refractivity (Wildman–Crippen MR) is 138 cm³/mol. The molecule has 0 unspecified atom stereocenters. The number of carbonyl (C=O) groups is 1. The van der Waals surface area contributed by atoms with Crippen LogP contribution in [0, 0.1) is 12.8 Å². The summed E-state index contributed by atoms with van der Waals surface area (Å²) in [5.41, 5.74) is 2.59. The number of carbonyl (C=O) groups excluding carboxylic acids is 1. The van der Waals surface area contributed by atoms with Crippen LogP contribution in [0.25, 0.3) is 11.5 Å². The Morgan fingerprint density at radius 3 is 2.75 bits per heavy atom. The number of nitrogens with one attached hydrogen (secondary N) is 2. The topological polar surface area (TPSA) is 115 Å². The van der Waals surface area contributed by atoms with Crippen molar-refractivity contribution in [3.63, 3.8) is 0 Å². The van der Waals surface area contributed by atoms with Gasteiger partial charge >= 0.3 is 5.97 Å². The molecule has 1 aliphatic heterocycles. The monoisotopic (exact) mass is 501 g/mol. The summed E-state index contributed by atoms with van der Waals surface area (Å²) < 4.78 is 5.44. The van der Waals surface area contributed by atoms with Crippen LogP contribution in [0.2, 0.25) is 0 Å². The molecule has 0 amide bonds. The van der Waals surface area contributed by atoms with E-state index in [1.807, 2.05) is 36.6 Å². The number of hydrogen-bond donors (Lipinski definition) is 2. The second-order valence-corrected chi connectivity index (χ2v) is 9.62. The van der Waals surface area contributed by atoms with Crippen LogP contribution in [0.3, 0.4) is 0 Å². The Bertz CT molecular complexity index is 1340. The molecule has 0 radical (unpaired) electrons. The molecule has 1 fully saturated rings. The molecular weight excluding hydrogens is 474 g/mol. The Morgan fingerprint density at radius 1 is 1.11 bits per heavy atom. The van der Waals surface area contributed by atoms with Crippen LogP contribution >= 0.6 is 11.3 Å². The van der Waals surface area contributed by atoms with Crippen molar-refractivity contribution in [3.8, 4) is 11.5 Å². The van der Waals surface area contributed by atoms with Gasteiger partial charge in [0.25, 0.3) is 0 Å². The van der Waals surface area contributed by atoms with Gasteiger partial charge in [0.2, 0.25) is 0 Å². The van der Waals surface area contributed by atoms with Crippen LogP contribution in [0.15, 0.2) is 54.2 Å². The van der Waals surface area contributed by atoms with Gasteiger partial charge in [0.1, 0.15) is 28.0 Å². The summed E-state index contributed by atoms with van der Waals surface area (Å²) in [6.07, 6.45) is 5.90. The molecule has 1 aliphatic rings. The molecule has 0 saturated carbocycles. The van der Waals surface area contributed by atoms with E-state index in [-0.39, 0.29) is 5.97 Å². The van der Waals surface area contributed by atoms with Crippen LogP contribution < -0.4 is 10.6 Å². The van der Waals surface area contributed by atoms with Gasteiger partial charge in [0.05, 0.1) is 6.61 Å². The number of nitrogens with zero attached hydrogens (tertiary/aromatic N) is 5. The maximum Gasteiger partial charge on any atom is 0.348 e. The minimum atomic E-state index is -0.267. The third kappa shape index (κ3) is 6.27. The van der Waals surface area contributed by atoms with Gasteiger partial charge in [0, 0.05) is 24.5 Å². The average molecular weight is 502 g/mol. The first kappa shape index (κ1) is 24.0. The number of thiophene rings is 1. The van der Waals surface area contributed by atoms with Crippen molar-refractivity contribution in [1.82, 2.24) is 30.2 Å². The van der Waals surface area contributed by atoms with Gasteiger partial charge in [-0.25, -0.2) is 29.7 Å². The number of pyridine rings is 1. The van der Waals surface area contributed by atoms with E-state index >= 15 is 0 Å². The normalized spacial score (nSPS) is 13.2. The lowest BCUT2D eigenvalue weighted by atomic mass is 9.98. The summed E-state index contributed by atoms with van der Waals surface area (Å²) in [6.45, 7) is 4.55. The van der Waals surface area contributed by atoms with E-state index in [0.717, 1.165) is 43.1 Å². The number of hydrogen-bond acceptors (Lipinski definition) is 10. The van der Waals surface area contributed by atoms with E-state index in [1.165, 1.54) is 11.3 Å². The number of aryl methyl sites for hydroxylation is 1. The third-order valence-corrected chi connectivity index (χ3v) is 6.77. The van der Waals surface area contributed by atoms with Crippen molar-refractivity contribution in [3.05, 3.63) is 76.1 Å². The second kappa shape index (κ2) is 11.3. The number of ether oxygens (including phenoxy) is 1. The molecule has 2 N–H and O–H groups in total. The SMILES string of the molecule is Cc1cccc(-c2nccc(Nc3ccnc(Cc4csc(C(=O)OCCCC5CNC5)c4)n3)n2)n1. The fourth-order valence-corrected chi connectivity index (χ4v) is 4.63. The highest BCUT2D eigenvalue weighted by Gasteiger charge is 2.17. The van der Waals surface area contributed by atoms with Gasteiger partial charge in [-0.1, -0.05) is 6.07 Å². The summed E-state index contributed by atoms with van der Waals surface area (Å²) in [6, 6.07) is 11.2. The Labute approximate surface area is 213 Å². The fraction of sp³-hybridized carbons (Fsp3) is 0.308. The van der Waals surface area contributed by atoms with Gasteiger partial charge < -0.3 is 15.4 Å². The standard InChI is InChI=1S/C26H27N7O2S/c1-17-4-2-6-20(30-17)25-29-10-8-23(33-25)31-22-7-9-28-24(32-22)13-19-12-21(36-16-19)26(34)35-11-3-5-18-14-27-15-18/h2,4,6-10,12,16,18,27H,3,5,11,13-15H2,1H3,(H,28,29,31,32,33). The molecule has 9 nitrogen and oxygen atoms in total. The van der Waals surface area contributed by atoms with Gasteiger partial charge in [-0.2, -0.15) is 0 Å². The molecule has 0 atom stereocenters. The lowest BCUT2D eigenvalue weighted by Gasteiger charge is -2.26. The van der Waals surface area contributed by atoms with Crippen molar-refractivity contribution in [2.75, 3.05) is 25.0 Å². The van der Waals surface area contributed by atoms with Crippen molar-refractivity contribution in [2.24, 2.45) is 5.92 Å². The van der Waals surface area contributed by atoms with E-state index in [9.17, 15) is 4.79 Å². The number of esters is 1. The predicted octanol–water partition coefficient (Wildman–Crippen LogP) is 4.19. The largest absolute Gasteiger partial charge is 0.462 e. The quantitative estimate of drug-likeness (QED) is 0.244. The molecule has 184 valence electrons. The molecular formula is C26H27N7O2S. The lowest BCUT2D eigenvalue weighted by molar-refractivity contribution is 0.0496. The Morgan fingerprint density at radius 2 is 1.94 bits per heavy atom. The highest BCUT2D eigenvalue weighted by molar-refractivity contribution is 7.12. The van der Waals surface area contributed by atoms with Crippen molar-refractivity contribution < 1.29 is 9.53 Å². The van der Waals surface area contributed by atoms with Crippen molar-refractivity contribution in [2.45, 2.75) is 26.2 Å². The molecule has 0 spiro atoms. The van der Waals surface area contributed by atoms with E-state index in [1.54, 1.807) is 24.5 Å². The molecule has 0 bridgehead atoms. The van der Waals surface area contributed by atoms with Gasteiger partial charge in [0.15, 0.2) is 5.82 Å². The minimum Gasteiger partial charge on any atom is -0.462 e. The number of rotatable bonds is 10. The maximum absolute atomic E-state index is 12.4. The minimum absolute atomic E-state index is 0.267. The second-order valence-electron chi connectivity index (χ2n) is 8.71. The zero-order chi connectivity index (χ0) is 24.7. The maximum atomic E-state index is 12.4. The molecule has 36 heavy (non-hydrogen) atoms. The van der Waals surface area contributed by atoms with Gasteiger partial charge in [-0.05, 0) is 80.0 Å². The fourth-order valence-electron chi connectivity index (χ4n) is 3.82. The van der Waals surface area contributed by atoms with Crippen LogP contribution in [0.1, 0.15) is 39.6 Å². The van der Waals surface area contributed by atoms with Gasteiger partial charge in [-0.3, -0.25) is 0 Å². The van der Waals surface area contributed by atoms with Crippen LogP contribution in [-0.4, -0.2) is 50.6 Å². The Balaban J connectivity index is 1.18. The summed E-state index contributed by atoms with van der Waals surface area (Å²) in [4.78, 5) is 35.3. The first-order chi connectivity index (χ1) is 17.6. The summed E-state index contributed by atoms with van der Waals surface area (Å²) >= 11 is 1.39. The van der Waals surface area contributed by atoms with E-state index in [0.29, 0.717) is 46.9 Å². The molecule has 0 aliphatic carbocycles. The lowest BCUT2D eigenvalue weighted by Crippen LogP contribution is -2.41. The highest BCUT2D eigenvalue weighted by Crippen LogP contribution is 2.20. The first-order valence-electron chi connectivity index (χ1n) is 11.9. The van der Waals surface area contributed by atoms with E-state index in [4.69, 9.17) is 4.74 Å². The highest BCUT2D eigenvalue weighted by atomic mass is 32.1. The molecule has 5 rings (SSSR count). The zero-order valence-electron chi connectivity index (χ0n) is 20.0. The molecule has 4 aromatic rings. The van der Waals surface area contributed by atoms with Crippen LogP contribution in [0.5, 0.6) is 0 Å². The average Bonchev–Trinajstić information content (AvgIpc) is 3.32. The van der Waals surface area contributed by atoms with Crippen molar-refractivity contribution >= 4 is 28.9 Å². The smallest absolute Gasteiger partial charge is 0.348 e. The van der Waals surface area contributed by atoms with Crippen LogP contribution in [0.4, 0.5) is 11.6 Å². The van der Waals surface area contributed by atoms with Crippen molar-refractivity contribution in [1.29, 1.82) is 0 Å².